The van der Waals surface area contributed by atoms with Gasteiger partial charge in [0.15, 0.2) is 5.82 Å². The van der Waals surface area contributed by atoms with Gasteiger partial charge in [0, 0.05) is 30.1 Å². The summed E-state index contributed by atoms with van der Waals surface area (Å²) in [5.41, 5.74) is 1.92. The molecule has 0 fully saturated rings. The van der Waals surface area contributed by atoms with Gasteiger partial charge in [-0.25, -0.2) is 9.97 Å². The highest BCUT2D eigenvalue weighted by Crippen LogP contribution is 2.26. The smallest absolute Gasteiger partial charge is 0.159 e. The van der Waals surface area contributed by atoms with Gasteiger partial charge >= 0.3 is 0 Å². The van der Waals surface area contributed by atoms with Gasteiger partial charge < -0.3 is 5.32 Å². The summed E-state index contributed by atoms with van der Waals surface area (Å²) >= 11 is 11.8. The van der Waals surface area contributed by atoms with Crippen LogP contribution in [0, 0.1) is 0 Å². The molecule has 0 bridgehead atoms. The van der Waals surface area contributed by atoms with Crippen LogP contribution in [-0.4, -0.2) is 16.5 Å². The maximum absolute atomic E-state index is 5.97. The lowest BCUT2D eigenvalue weighted by molar-refractivity contribution is 0.721. The fourth-order valence-corrected chi connectivity index (χ4v) is 1.80. The third-order valence-corrected chi connectivity index (χ3v) is 3.20. The van der Waals surface area contributed by atoms with Crippen LogP contribution in [0.5, 0.6) is 0 Å². The Morgan fingerprint density at radius 1 is 1.11 bits per heavy atom. The fourth-order valence-electron chi connectivity index (χ4n) is 1.50. The predicted octanol–water partition coefficient (Wildman–Crippen LogP) is 3.56. The van der Waals surface area contributed by atoms with Crippen LogP contribution < -0.4 is 5.32 Å². The van der Waals surface area contributed by atoms with Gasteiger partial charge in [0.05, 0.1) is 10.0 Å². The highest BCUT2D eigenvalue weighted by molar-refractivity contribution is 6.42. The molecule has 1 heterocycles. The normalized spacial score (nSPS) is 10.6. The largest absolute Gasteiger partial charge is 0.313 e. The van der Waals surface area contributed by atoms with Gasteiger partial charge in [-0.2, -0.15) is 0 Å². The third kappa shape index (κ3) is 3.19. The first kappa shape index (κ1) is 13.3. The molecule has 0 radical (unpaired) electrons. The molecule has 0 saturated heterocycles. The Bertz CT molecular complexity index is 526. The van der Waals surface area contributed by atoms with Gasteiger partial charge in [0.1, 0.15) is 0 Å². The number of benzene rings is 1. The van der Waals surface area contributed by atoms with Gasteiger partial charge in [-0.3, -0.25) is 0 Å². The van der Waals surface area contributed by atoms with Crippen LogP contribution in [0.25, 0.3) is 11.4 Å². The maximum Gasteiger partial charge on any atom is 0.159 e. The number of aromatic nitrogens is 2. The topological polar surface area (TPSA) is 37.8 Å². The summed E-state index contributed by atoms with van der Waals surface area (Å²) in [5.74, 6) is 0.647. The number of hydrogen-bond donors (Lipinski definition) is 1. The molecule has 0 unspecified atom stereocenters. The summed E-state index contributed by atoms with van der Waals surface area (Å²) in [6.45, 7) is 3.76. The number of nitrogens with zero attached hydrogens (tertiary/aromatic N) is 2. The van der Waals surface area contributed by atoms with Crippen molar-refractivity contribution in [2.24, 2.45) is 0 Å². The summed E-state index contributed by atoms with van der Waals surface area (Å²) in [6, 6.07) is 5.37. The number of rotatable bonds is 4. The second-order valence-electron chi connectivity index (χ2n) is 3.82. The monoisotopic (exact) mass is 281 g/mol. The molecule has 0 aliphatic carbocycles. The highest BCUT2D eigenvalue weighted by Gasteiger charge is 2.04. The molecule has 0 amide bonds. The Morgan fingerprint density at radius 2 is 1.83 bits per heavy atom. The molecule has 94 valence electrons. The standard InChI is InChI=1S/C13H13Cl2N3/c1-2-16-6-9-7-17-13(18-8-9)10-3-4-11(14)12(15)5-10/h3-5,7-8,16H,2,6H2,1H3. The van der Waals surface area contributed by atoms with E-state index in [9.17, 15) is 0 Å². The predicted molar refractivity (Wildman–Crippen MR) is 74.9 cm³/mol. The summed E-state index contributed by atoms with van der Waals surface area (Å²) in [5, 5.41) is 4.26. The van der Waals surface area contributed by atoms with Gasteiger partial charge in [0.25, 0.3) is 0 Å². The van der Waals surface area contributed by atoms with E-state index in [1.807, 2.05) is 18.5 Å². The molecule has 0 aliphatic heterocycles. The zero-order valence-corrected chi connectivity index (χ0v) is 11.5. The average molecular weight is 282 g/mol. The molecule has 2 aromatic rings. The van der Waals surface area contributed by atoms with Crippen molar-refractivity contribution in [3.05, 3.63) is 46.2 Å². The van der Waals surface area contributed by atoms with Crippen LogP contribution in [0.2, 0.25) is 10.0 Å². The lowest BCUT2D eigenvalue weighted by Gasteiger charge is -2.04. The highest BCUT2D eigenvalue weighted by atomic mass is 35.5. The summed E-state index contributed by atoms with van der Waals surface area (Å²) in [7, 11) is 0. The number of nitrogens with one attached hydrogen (secondary N) is 1. The van der Waals surface area contributed by atoms with Crippen molar-refractivity contribution in [3.63, 3.8) is 0 Å². The van der Waals surface area contributed by atoms with Gasteiger partial charge in [-0.05, 0) is 24.7 Å². The fraction of sp³-hybridized carbons (Fsp3) is 0.231. The van der Waals surface area contributed by atoms with Crippen molar-refractivity contribution in [1.82, 2.24) is 15.3 Å². The zero-order chi connectivity index (χ0) is 13.0. The van der Waals surface area contributed by atoms with Gasteiger partial charge in [0.2, 0.25) is 0 Å². The average Bonchev–Trinajstić information content (AvgIpc) is 2.40. The minimum atomic E-state index is 0.509. The molecule has 3 nitrogen and oxygen atoms in total. The van der Waals surface area contributed by atoms with Crippen molar-refractivity contribution in [2.45, 2.75) is 13.5 Å². The number of halogens is 2. The van der Waals surface area contributed by atoms with Crippen LogP contribution in [0.4, 0.5) is 0 Å². The molecule has 0 atom stereocenters. The van der Waals surface area contributed by atoms with E-state index in [0.29, 0.717) is 15.9 Å². The molecule has 1 aromatic carbocycles. The van der Waals surface area contributed by atoms with E-state index in [1.165, 1.54) is 0 Å². The molecule has 18 heavy (non-hydrogen) atoms. The van der Waals surface area contributed by atoms with E-state index in [4.69, 9.17) is 23.2 Å². The minimum absolute atomic E-state index is 0.509. The quantitative estimate of drug-likeness (QED) is 0.931. The molecule has 1 N–H and O–H groups in total. The second kappa shape index (κ2) is 6.14. The summed E-state index contributed by atoms with van der Waals surface area (Å²) in [4.78, 5) is 8.64. The van der Waals surface area contributed by atoms with Crippen molar-refractivity contribution in [2.75, 3.05) is 6.54 Å². The Balaban J connectivity index is 2.20. The second-order valence-corrected chi connectivity index (χ2v) is 4.64. The van der Waals surface area contributed by atoms with E-state index < -0.39 is 0 Å². The van der Waals surface area contributed by atoms with Gasteiger partial charge in [-0.1, -0.05) is 30.1 Å². The van der Waals surface area contributed by atoms with E-state index in [1.54, 1.807) is 12.1 Å². The molecular weight excluding hydrogens is 269 g/mol. The summed E-state index contributed by atoms with van der Waals surface area (Å²) in [6.07, 6.45) is 3.63. The maximum atomic E-state index is 5.97. The summed E-state index contributed by atoms with van der Waals surface area (Å²) < 4.78 is 0. The van der Waals surface area contributed by atoms with Crippen molar-refractivity contribution < 1.29 is 0 Å². The Hall–Kier alpha value is -1.16. The molecule has 0 aliphatic rings. The van der Waals surface area contributed by atoms with Crippen molar-refractivity contribution in [1.29, 1.82) is 0 Å². The van der Waals surface area contributed by atoms with E-state index in [2.05, 4.69) is 22.2 Å². The van der Waals surface area contributed by atoms with Crippen LogP contribution in [0.1, 0.15) is 12.5 Å². The molecule has 2 rings (SSSR count). The van der Waals surface area contributed by atoms with E-state index >= 15 is 0 Å². The van der Waals surface area contributed by atoms with Crippen LogP contribution in [-0.2, 0) is 6.54 Å². The third-order valence-electron chi connectivity index (χ3n) is 2.46. The molecule has 0 saturated carbocycles. The molecule has 0 spiro atoms. The van der Waals surface area contributed by atoms with E-state index in [-0.39, 0.29) is 0 Å². The Labute approximate surface area is 116 Å². The lowest BCUT2D eigenvalue weighted by Crippen LogP contribution is -2.12. The zero-order valence-electron chi connectivity index (χ0n) is 9.95. The Kier molecular flexibility index (Phi) is 4.53. The molecule has 5 heteroatoms. The first-order valence-corrected chi connectivity index (χ1v) is 6.43. The van der Waals surface area contributed by atoms with Crippen molar-refractivity contribution >= 4 is 23.2 Å². The Morgan fingerprint density at radius 3 is 2.44 bits per heavy atom. The SMILES string of the molecule is CCNCc1cnc(-c2ccc(Cl)c(Cl)c2)nc1. The van der Waals surface area contributed by atoms with Gasteiger partial charge in [-0.15, -0.1) is 0 Å². The first-order chi connectivity index (χ1) is 8.70. The lowest BCUT2D eigenvalue weighted by atomic mass is 10.2. The molecular formula is C13H13Cl2N3. The molecule has 1 aromatic heterocycles. The minimum Gasteiger partial charge on any atom is -0.313 e. The van der Waals surface area contributed by atoms with Crippen molar-refractivity contribution in [3.8, 4) is 11.4 Å². The van der Waals surface area contributed by atoms with Crippen LogP contribution >= 0.6 is 23.2 Å². The number of hydrogen-bond acceptors (Lipinski definition) is 3. The first-order valence-electron chi connectivity index (χ1n) is 5.67. The van der Waals surface area contributed by atoms with Crippen LogP contribution in [0.3, 0.4) is 0 Å². The van der Waals surface area contributed by atoms with E-state index in [0.717, 1.165) is 24.2 Å². The van der Waals surface area contributed by atoms with Crippen LogP contribution in [0.15, 0.2) is 30.6 Å².